The van der Waals surface area contributed by atoms with Crippen LogP contribution < -0.4 is 0 Å². The van der Waals surface area contributed by atoms with E-state index in [1.807, 2.05) is 29.2 Å². The van der Waals surface area contributed by atoms with E-state index >= 15 is 0 Å². The Labute approximate surface area is 153 Å². The molecule has 2 heterocycles. The number of para-hydroxylation sites is 1. The van der Waals surface area contributed by atoms with Gasteiger partial charge in [0.25, 0.3) is 0 Å². The number of fused-ring (bicyclic) bond motifs is 1. The molecular weight excluding hydrogens is 327 g/mol. The van der Waals surface area contributed by atoms with E-state index in [9.17, 15) is 9.18 Å². The minimum absolute atomic E-state index is 0.217. The largest absolute Gasteiger partial charge is 0.343 e. The van der Waals surface area contributed by atoms with Crippen LogP contribution in [0.5, 0.6) is 0 Å². The highest BCUT2D eigenvalue weighted by Gasteiger charge is 2.19. The number of nitrogens with zero attached hydrogens (tertiary/aromatic N) is 2. The molecule has 26 heavy (non-hydrogen) atoms. The first-order valence-electron chi connectivity index (χ1n) is 9.30. The summed E-state index contributed by atoms with van der Waals surface area (Å²) in [6.45, 7) is 2.43. The Morgan fingerprint density at radius 2 is 1.69 bits per heavy atom. The maximum absolute atomic E-state index is 13.2. The molecule has 0 bridgehead atoms. The van der Waals surface area contributed by atoms with Crippen molar-refractivity contribution in [2.75, 3.05) is 13.1 Å². The maximum atomic E-state index is 13.2. The molecule has 0 atom stereocenters. The van der Waals surface area contributed by atoms with Crippen molar-refractivity contribution < 1.29 is 9.18 Å². The zero-order valence-electron chi connectivity index (χ0n) is 14.8. The van der Waals surface area contributed by atoms with Crippen LogP contribution in [0.15, 0.2) is 54.7 Å². The van der Waals surface area contributed by atoms with Crippen LogP contribution in [0.1, 0.15) is 30.4 Å². The summed E-state index contributed by atoms with van der Waals surface area (Å²) in [5.74, 6) is -0.00619. The summed E-state index contributed by atoms with van der Waals surface area (Å²) in [7, 11) is 0. The summed E-state index contributed by atoms with van der Waals surface area (Å²) in [6.07, 6.45) is 5.96. The summed E-state index contributed by atoms with van der Waals surface area (Å²) in [5, 5.41) is 1.12. The van der Waals surface area contributed by atoms with Crippen molar-refractivity contribution >= 4 is 16.8 Å². The van der Waals surface area contributed by atoms with Gasteiger partial charge >= 0.3 is 0 Å². The summed E-state index contributed by atoms with van der Waals surface area (Å²) in [5.41, 5.74) is 3.22. The van der Waals surface area contributed by atoms with Gasteiger partial charge in [-0.05, 0) is 48.6 Å². The van der Waals surface area contributed by atoms with Crippen molar-refractivity contribution in [2.24, 2.45) is 0 Å². The molecule has 4 heteroatoms. The number of hydrogen-bond donors (Lipinski definition) is 0. The Morgan fingerprint density at radius 1 is 0.962 bits per heavy atom. The molecule has 0 radical (unpaired) electrons. The van der Waals surface area contributed by atoms with Gasteiger partial charge in [0.1, 0.15) is 5.82 Å². The molecule has 1 fully saturated rings. The second-order valence-corrected chi connectivity index (χ2v) is 7.04. The summed E-state index contributed by atoms with van der Waals surface area (Å²) in [6, 6.07) is 14.8. The van der Waals surface area contributed by atoms with Crippen LogP contribution in [0.2, 0.25) is 0 Å². The number of halogens is 1. The zero-order chi connectivity index (χ0) is 17.9. The molecule has 0 spiro atoms. The fourth-order valence-corrected chi connectivity index (χ4v) is 3.80. The van der Waals surface area contributed by atoms with Crippen LogP contribution in [0, 0.1) is 5.82 Å². The van der Waals surface area contributed by atoms with E-state index in [0.29, 0.717) is 13.0 Å². The molecule has 134 valence electrons. The molecule has 3 nitrogen and oxygen atoms in total. The highest BCUT2D eigenvalue weighted by Crippen LogP contribution is 2.24. The molecule has 1 saturated heterocycles. The molecule has 1 amide bonds. The molecule has 0 unspecified atom stereocenters. The van der Waals surface area contributed by atoms with Gasteiger partial charge in [-0.2, -0.15) is 0 Å². The van der Waals surface area contributed by atoms with Crippen LogP contribution in [0.3, 0.4) is 0 Å². The molecule has 3 aromatic rings. The van der Waals surface area contributed by atoms with E-state index in [-0.39, 0.29) is 11.7 Å². The number of carbonyl (C=O) groups is 1. The van der Waals surface area contributed by atoms with Crippen LogP contribution in [0.25, 0.3) is 10.9 Å². The number of likely N-dealkylation sites (tertiary alicyclic amines) is 1. The van der Waals surface area contributed by atoms with Gasteiger partial charge in [-0.3, -0.25) is 4.79 Å². The standard InChI is InChI=1S/C22H23FN2O/c23-19-10-8-17(9-11-19)15-25-16-18(20-6-2-3-7-21(20)25)14-22(26)24-12-4-1-5-13-24/h2-3,6-11,16H,1,4-5,12-15H2. The van der Waals surface area contributed by atoms with E-state index < -0.39 is 0 Å². The smallest absolute Gasteiger partial charge is 0.227 e. The highest BCUT2D eigenvalue weighted by molar-refractivity contribution is 5.89. The minimum Gasteiger partial charge on any atom is -0.343 e. The molecule has 1 aliphatic rings. The van der Waals surface area contributed by atoms with Crippen LogP contribution in [0.4, 0.5) is 4.39 Å². The van der Waals surface area contributed by atoms with Gasteiger partial charge in [-0.25, -0.2) is 4.39 Å². The quantitative estimate of drug-likeness (QED) is 0.685. The highest BCUT2D eigenvalue weighted by atomic mass is 19.1. The van der Waals surface area contributed by atoms with Crippen molar-refractivity contribution in [3.05, 3.63) is 71.7 Å². The minimum atomic E-state index is -0.223. The van der Waals surface area contributed by atoms with Crippen LogP contribution >= 0.6 is 0 Å². The van der Waals surface area contributed by atoms with E-state index in [0.717, 1.165) is 48.0 Å². The second-order valence-electron chi connectivity index (χ2n) is 7.04. The van der Waals surface area contributed by atoms with Gasteiger partial charge in [0.15, 0.2) is 0 Å². The Kier molecular flexibility index (Phi) is 4.74. The first kappa shape index (κ1) is 16.8. The Morgan fingerprint density at radius 3 is 2.46 bits per heavy atom. The lowest BCUT2D eigenvalue weighted by Gasteiger charge is -2.26. The van der Waals surface area contributed by atoms with Gasteiger partial charge < -0.3 is 9.47 Å². The van der Waals surface area contributed by atoms with Gasteiger partial charge in [-0.15, -0.1) is 0 Å². The lowest BCUT2D eigenvalue weighted by atomic mass is 10.1. The molecule has 2 aromatic carbocycles. The SMILES string of the molecule is O=C(Cc1cn(Cc2ccc(F)cc2)c2ccccc12)N1CCCCC1. The average molecular weight is 350 g/mol. The van der Waals surface area contributed by atoms with Crippen molar-refractivity contribution in [2.45, 2.75) is 32.2 Å². The Balaban J connectivity index is 1.61. The zero-order valence-corrected chi connectivity index (χ0v) is 14.8. The van der Waals surface area contributed by atoms with Crippen molar-refractivity contribution in [3.8, 4) is 0 Å². The van der Waals surface area contributed by atoms with Gasteiger partial charge in [0, 0.05) is 36.7 Å². The van der Waals surface area contributed by atoms with Crippen molar-refractivity contribution in [3.63, 3.8) is 0 Å². The second kappa shape index (κ2) is 7.32. The number of carbonyl (C=O) groups excluding carboxylic acids is 1. The monoisotopic (exact) mass is 350 g/mol. The molecule has 1 aromatic heterocycles. The predicted octanol–water partition coefficient (Wildman–Crippen LogP) is 4.38. The molecule has 1 aliphatic heterocycles. The predicted molar refractivity (Wildman–Crippen MR) is 102 cm³/mol. The average Bonchev–Trinajstić information content (AvgIpc) is 3.02. The Bertz CT molecular complexity index is 908. The number of amides is 1. The van der Waals surface area contributed by atoms with Gasteiger partial charge in [0.05, 0.1) is 6.42 Å². The van der Waals surface area contributed by atoms with E-state index in [1.165, 1.54) is 18.6 Å². The van der Waals surface area contributed by atoms with E-state index in [2.05, 4.69) is 22.9 Å². The van der Waals surface area contributed by atoms with Crippen LogP contribution in [-0.4, -0.2) is 28.5 Å². The number of aromatic nitrogens is 1. The Hall–Kier alpha value is -2.62. The maximum Gasteiger partial charge on any atom is 0.227 e. The fourth-order valence-electron chi connectivity index (χ4n) is 3.80. The number of piperidine rings is 1. The summed E-state index contributed by atoms with van der Waals surface area (Å²) >= 11 is 0. The third-order valence-corrected chi connectivity index (χ3v) is 5.19. The molecule has 4 rings (SSSR count). The number of rotatable bonds is 4. The van der Waals surface area contributed by atoms with Crippen molar-refractivity contribution in [1.29, 1.82) is 0 Å². The molecule has 0 saturated carbocycles. The van der Waals surface area contributed by atoms with Gasteiger partial charge in [-0.1, -0.05) is 30.3 Å². The number of benzene rings is 2. The van der Waals surface area contributed by atoms with Gasteiger partial charge in [0.2, 0.25) is 5.91 Å². The third-order valence-electron chi connectivity index (χ3n) is 5.19. The first-order valence-corrected chi connectivity index (χ1v) is 9.30. The van der Waals surface area contributed by atoms with E-state index in [4.69, 9.17) is 0 Å². The fraction of sp³-hybridized carbons (Fsp3) is 0.318. The molecule has 0 aliphatic carbocycles. The van der Waals surface area contributed by atoms with Crippen molar-refractivity contribution in [1.82, 2.24) is 9.47 Å². The third kappa shape index (κ3) is 3.50. The topological polar surface area (TPSA) is 25.2 Å². The summed E-state index contributed by atoms with van der Waals surface area (Å²) in [4.78, 5) is 14.7. The summed E-state index contributed by atoms with van der Waals surface area (Å²) < 4.78 is 15.3. The lowest BCUT2D eigenvalue weighted by Crippen LogP contribution is -2.36. The normalized spacial score (nSPS) is 14.7. The molecule has 0 N–H and O–H groups in total. The molecular formula is C22H23FN2O. The van der Waals surface area contributed by atoms with E-state index in [1.54, 1.807) is 0 Å². The lowest BCUT2D eigenvalue weighted by molar-refractivity contribution is -0.131. The number of hydrogen-bond acceptors (Lipinski definition) is 1. The van der Waals surface area contributed by atoms with Crippen LogP contribution in [-0.2, 0) is 17.8 Å². The first-order chi connectivity index (χ1) is 12.7.